The molecule has 0 aliphatic heterocycles. The van der Waals surface area contributed by atoms with Gasteiger partial charge in [-0.3, -0.25) is 4.79 Å². The minimum atomic E-state index is -0.846. The van der Waals surface area contributed by atoms with Crippen LogP contribution in [0.2, 0.25) is 5.02 Å². The Morgan fingerprint density at radius 3 is 2.76 bits per heavy atom. The number of halogens is 2. The first-order valence-corrected chi connectivity index (χ1v) is 7.66. The normalized spacial score (nSPS) is 11.6. The zero-order valence-corrected chi connectivity index (χ0v) is 14.2. The van der Waals surface area contributed by atoms with Crippen LogP contribution in [-0.4, -0.2) is 31.1 Å². The largest absolute Gasteiger partial charge is 0.481 e. The van der Waals surface area contributed by atoms with Gasteiger partial charge in [0.15, 0.2) is 12.7 Å². The maximum Gasteiger partial charge on any atom is 0.344 e. The number of amides is 1. The standard InChI is InChI=1S/C14H17BrClNO4/c1-3-6-17-14(19)9(2)21-13(18)8-20-12-5-4-10(16)7-11(12)15/h4-5,7,9H,3,6,8H2,1-2H3,(H,17,19)/t9-/m0/s1. The smallest absolute Gasteiger partial charge is 0.344 e. The van der Waals surface area contributed by atoms with E-state index in [1.807, 2.05) is 6.92 Å². The summed E-state index contributed by atoms with van der Waals surface area (Å²) in [5, 5.41) is 3.20. The lowest BCUT2D eigenvalue weighted by Crippen LogP contribution is -2.37. The molecule has 1 atom stereocenters. The lowest BCUT2D eigenvalue weighted by molar-refractivity contribution is -0.156. The molecule has 1 N–H and O–H groups in total. The van der Waals surface area contributed by atoms with E-state index in [2.05, 4.69) is 21.2 Å². The van der Waals surface area contributed by atoms with E-state index in [0.29, 0.717) is 21.8 Å². The molecule has 0 fully saturated rings. The van der Waals surface area contributed by atoms with Crippen LogP contribution >= 0.6 is 27.5 Å². The Morgan fingerprint density at radius 2 is 2.14 bits per heavy atom. The summed E-state index contributed by atoms with van der Waals surface area (Å²) < 4.78 is 10.9. The van der Waals surface area contributed by atoms with Gasteiger partial charge in [0.05, 0.1) is 4.47 Å². The highest BCUT2D eigenvalue weighted by Gasteiger charge is 2.17. The van der Waals surface area contributed by atoms with Gasteiger partial charge in [0.1, 0.15) is 5.75 Å². The van der Waals surface area contributed by atoms with Crippen LogP contribution < -0.4 is 10.1 Å². The zero-order valence-electron chi connectivity index (χ0n) is 11.8. The summed E-state index contributed by atoms with van der Waals surface area (Å²) >= 11 is 9.08. The molecule has 0 unspecified atom stereocenters. The number of hydrogen-bond donors (Lipinski definition) is 1. The predicted molar refractivity (Wildman–Crippen MR) is 83.5 cm³/mol. The third-order valence-corrected chi connectivity index (χ3v) is 3.32. The van der Waals surface area contributed by atoms with Crippen molar-refractivity contribution in [3.05, 3.63) is 27.7 Å². The first-order chi connectivity index (χ1) is 9.93. The number of carbonyl (C=O) groups excluding carboxylic acids is 2. The quantitative estimate of drug-likeness (QED) is 0.741. The van der Waals surface area contributed by atoms with Gasteiger partial charge in [0.2, 0.25) is 0 Å². The molecule has 0 aliphatic rings. The van der Waals surface area contributed by atoms with Crippen LogP contribution in [0.4, 0.5) is 0 Å². The Balaban J connectivity index is 2.41. The fraction of sp³-hybridized carbons (Fsp3) is 0.429. The number of esters is 1. The van der Waals surface area contributed by atoms with E-state index in [4.69, 9.17) is 21.1 Å². The van der Waals surface area contributed by atoms with Crippen molar-refractivity contribution >= 4 is 39.4 Å². The van der Waals surface area contributed by atoms with E-state index < -0.39 is 12.1 Å². The summed E-state index contributed by atoms with van der Waals surface area (Å²) in [6.45, 7) is 3.72. The third kappa shape index (κ3) is 6.35. The number of carbonyl (C=O) groups is 2. The minimum Gasteiger partial charge on any atom is -0.481 e. The molecule has 0 radical (unpaired) electrons. The number of benzene rings is 1. The van der Waals surface area contributed by atoms with Crippen molar-refractivity contribution in [3.63, 3.8) is 0 Å². The van der Waals surface area contributed by atoms with Gasteiger partial charge >= 0.3 is 5.97 Å². The van der Waals surface area contributed by atoms with Crippen molar-refractivity contribution in [2.75, 3.05) is 13.2 Å². The van der Waals surface area contributed by atoms with E-state index in [0.717, 1.165) is 6.42 Å². The van der Waals surface area contributed by atoms with Gasteiger partial charge in [-0.25, -0.2) is 4.79 Å². The van der Waals surface area contributed by atoms with Gasteiger partial charge in [-0.15, -0.1) is 0 Å². The molecule has 116 valence electrons. The van der Waals surface area contributed by atoms with Crippen LogP contribution in [0.25, 0.3) is 0 Å². The molecule has 0 saturated heterocycles. The lowest BCUT2D eigenvalue weighted by atomic mass is 10.3. The minimum absolute atomic E-state index is 0.286. The number of nitrogens with one attached hydrogen (secondary N) is 1. The van der Waals surface area contributed by atoms with Gasteiger partial charge in [-0.05, 0) is 47.5 Å². The van der Waals surface area contributed by atoms with E-state index in [9.17, 15) is 9.59 Å². The number of rotatable bonds is 7. The fourth-order valence-electron chi connectivity index (χ4n) is 1.41. The summed E-state index contributed by atoms with van der Waals surface area (Å²) in [4.78, 5) is 23.2. The molecule has 0 aliphatic carbocycles. The summed E-state index contributed by atoms with van der Waals surface area (Å²) in [6, 6.07) is 4.94. The van der Waals surface area contributed by atoms with Crippen molar-refractivity contribution in [2.45, 2.75) is 26.4 Å². The lowest BCUT2D eigenvalue weighted by Gasteiger charge is -2.14. The molecule has 0 bridgehead atoms. The zero-order chi connectivity index (χ0) is 15.8. The first-order valence-electron chi connectivity index (χ1n) is 6.49. The fourth-order valence-corrected chi connectivity index (χ4v) is 2.20. The van der Waals surface area contributed by atoms with Crippen molar-refractivity contribution in [2.24, 2.45) is 0 Å². The van der Waals surface area contributed by atoms with Gasteiger partial charge in [-0.2, -0.15) is 0 Å². The highest BCUT2D eigenvalue weighted by Crippen LogP contribution is 2.27. The molecule has 1 amide bonds. The molecule has 0 heterocycles. The van der Waals surface area contributed by atoms with Crippen molar-refractivity contribution in [3.8, 4) is 5.75 Å². The number of ether oxygens (including phenoxy) is 2. The molecular weight excluding hydrogens is 362 g/mol. The second-order valence-corrected chi connectivity index (χ2v) is 5.58. The maximum absolute atomic E-state index is 11.6. The Labute approximate surface area is 137 Å². The predicted octanol–water partition coefficient (Wildman–Crippen LogP) is 2.94. The summed E-state index contributed by atoms with van der Waals surface area (Å²) in [6.07, 6.45) is -0.0265. The van der Waals surface area contributed by atoms with Crippen LogP contribution in [0.15, 0.2) is 22.7 Å². The Morgan fingerprint density at radius 1 is 1.43 bits per heavy atom. The van der Waals surface area contributed by atoms with Crippen molar-refractivity contribution in [1.29, 1.82) is 0 Å². The topological polar surface area (TPSA) is 64.6 Å². The average Bonchev–Trinajstić information content (AvgIpc) is 2.43. The van der Waals surface area contributed by atoms with E-state index in [1.165, 1.54) is 6.92 Å². The van der Waals surface area contributed by atoms with E-state index in [1.54, 1.807) is 18.2 Å². The second kappa shape index (κ2) is 8.89. The molecule has 1 aromatic rings. The average molecular weight is 379 g/mol. The van der Waals surface area contributed by atoms with Crippen molar-refractivity contribution < 1.29 is 19.1 Å². The van der Waals surface area contributed by atoms with Gasteiger partial charge in [-0.1, -0.05) is 18.5 Å². The van der Waals surface area contributed by atoms with Gasteiger partial charge < -0.3 is 14.8 Å². The molecule has 5 nitrogen and oxygen atoms in total. The van der Waals surface area contributed by atoms with E-state index >= 15 is 0 Å². The Kier molecular flexibility index (Phi) is 7.53. The van der Waals surface area contributed by atoms with Gasteiger partial charge in [0.25, 0.3) is 5.91 Å². The number of hydrogen-bond acceptors (Lipinski definition) is 4. The molecular formula is C14H17BrClNO4. The van der Waals surface area contributed by atoms with Crippen LogP contribution in [0, 0.1) is 0 Å². The van der Waals surface area contributed by atoms with Gasteiger partial charge in [0, 0.05) is 11.6 Å². The molecule has 0 spiro atoms. The second-order valence-electron chi connectivity index (χ2n) is 4.29. The molecule has 7 heteroatoms. The summed E-state index contributed by atoms with van der Waals surface area (Å²) in [5.74, 6) is -0.465. The molecule has 1 rings (SSSR count). The van der Waals surface area contributed by atoms with Crippen LogP contribution in [0.1, 0.15) is 20.3 Å². The summed E-state index contributed by atoms with van der Waals surface area (Å²) in [5.41, 5.74) is 0. The van der Waals surface area contributed by atoms with Crippen LogP contribution in [0.3, 0.4) is 0 Å². The Hall–Kier alpha value is -1.27. The van der Waals surface area contributed by atoms with E-state index in [-0.39, 0.29) is 12.5 Å². The Bertz CT molecular complexity index is 510. The molecule has 1 aromatic carbocycles. The molecule has 0 aromatic heterocycles. The highest BCUT2D eigenvalue weighted by molar-refractivity contribution is 9.10. The third-order valence-electron chi connectivity index (χ3n) is 2.47. The monoisotopic (exact) mass is 377 g/mol. The molecule has 21 heavy (non-hydrogen) atoms. The van der Waals surface area contributed by atoms with Crippen molar-refractivity contribution in [1.82, 2.24) is 5.32 Å². The first kappa shape index (κ1) is 17.8. The highest BCUT2D eigenvalue weighted by atomic mass is 79.9. The summed E-state index contributed by atoms with van der Waals surface area (Å²) in [7, 11) is 0. The maximum atomic E-state index is 11.6. The SMILES string of the molecule is CCCNC(=O)[C@H](C)OC(=O)COc1ccc(Cl)cc1Br. The van der Waals surface area contributed by atoms with Crippen LogP contribution in [0.5, 0.6) is 5.75 Å². The van der Waals surface area contributed by atoms with Crippen LogP contribution in [-0.2, 0) is 14.3 Å². The molecule has 0 saturated carbocycles.